The highest BCUT2D eigenvalue weighted by atomic mass is 35.5. The predicted molar refractivity (Wildman–Crippen MR) is 85.8 cm³/mol. The number of fused-ring (bicyclic) bond motifs is 1. The van der Waals surface area contributed by atoms with Crippen LogP contribution in [0.25, 0.3) is 0 Å². The number of benzene rings is 2. The van der Waals surface area contributed by atoms with E-state index in [9.17, 15) is 0 Å². The number of ether oxygens (including phenoxy) is 1. The van der Waals surface area contributed by atoms with Crippen LogP contribution in [0, 0.1) is 0 Å². The zero-order chi connectivity index (χ0) is 14.8. The van der Waals surface area contributed by atoms with Gasteiger partial charge < -0.3 is 4.74 Å². The van der Waals surface area contributed by atoms with E-state index in [1.165, 1.54) is 5.56 Å². The molecule has 1 heterocycles. The molecule has 0 fully saturated rings. The van der Waals surface area contributed by atoms with Crippen LogP contribution in [0.2, 0.25) is 10.0 Å². The molecule has 5 heteroatoms. The van der Waals surface area contributed by atoms with Gasteiger partial charge in [-0.05, 0) is 35.7 Å². The lowest BCUT2D eigenvalue weighted by atomic mass is 9.98. The highest BCUT2D eigenvalue weighted by Gasteiger charge is 2.29. The van der Waals surface area contributed by atoms with Crippen LogP contribution in [0.5, 0.6) is 5.75 Å². The molecule has 21 heavy (non-hydrogen) atoms. The molecule has 0 spiro atoms. The van der Waals surface area contributed by atoms with Crippen molar-refractivity contribution < 1.29 is 4.74 Å². The van der Waals surface area contributed by atoms with Gasteiger partial charge in [-0.15, -0.1) is 0 Å². The van der Waals surface area contributed by atoms with E-state index in [-0.39, 0.29) is 12.1 Å². The lowest BCUT2D eigenvalue weighted by molar-refractivity contribution is 0.177. The molecular formula is C16H16Cl2N2O. The maximum atomic E-state index is 6.06. The molecule has 0 aliphatic carbocycles. The Morgan fingerprint density at radius 3 is 2.71 bits per heavy atom. The van der Waals surface area contributed by atoms with Gasteiger partial charge in [-0.25, -0.2) is 0 Å². The van der Waals surface area contributed by atoms with E-state index in [2.05, 4.69) is 11.5 Å². The Balaban J connectivity index is 1.73. The minimum absolute atomic E-state index is 0.00893. The Kier molecular flexibility index (Phi) is 4.36. The molecule has 0 saturated carbocycles. The van der Waals surface area contributed by atoms with Gasteiger partial charge in [0.25, 0.3) is 0 Å². The van der Waals surface area contributed by atoms with Gasteiger partial charge in [0.1, 0.15) is 11.9 Å². The van der Waals surface area contributed by atoms with Gasteiger partial charge in [0, 0.05) is 6.42 Å². The Bertz CT molecular complexity index is 623. The molecular weight excluding hydrogens is 307 g/mol. The van der Waals surface area contributed by atoms with Crippen molar-refractivity contribution in [2.75, 3.05) is 0 Å². The number of rotatable bonds is 4. The Morgan fingerprint density at radius 2 is 2.00 bits per heavy atom. The van der Waals surface area contributed by atoms with Crippen LogP contribution in [-0.4, -0.2) is 12.1 Å². The summed E-state index contributed by atoms with van der Waals surface area (Å²) in [4.78, 5) is 0. The zero-order valence-corrected chi connectivity index (χ0v) is 12.9. The third kappa shape index (κ3) is 3.16. The fourth-order valence-electron chi connectivity index (χ4n) is 2.65. The minimum Gasteiger partial charge on any atom is -0.488 e. The third-order valence-corrected chi connectivity index (χ3v) is 4.51. The van der Waals surface area contributed by atoms with Gasteiger partial charge in [0.2, 0.25) is 0 Å². The molecule has 0 aromatic heterocycles. The molecule has 1 aliphatic heterocycles. The fourth-order valence-corrected chi connectivity index (χ4v) is 2.97. The van der Waals surface area contributed by atoms with E-state index in [0.29, 0.717) is 10.0 Å². The lowest BCUT2D eigenvalue weighted by Crippen LogP contribution is -2.47. The van der Waals surface area contributed by atoms with Gasteiger partial charge in [-0.3, -0.25) is 11.3 Å². The molecule has 2 aromatic rings. The monoisotopic (exact) mass is 322 g/mol. The third-order valence-electron chi connectivity index (χ3n) is 3.77. The Hall–Kier alpha value is -1.26. The first-order valence-corrected chi connectivity index (χ1v) is 7.57. The molecule has 110 valence electrons. The van der Waals surface area contributed by atoms with Crippen molar-refractivity contribution in [2.24, 2.45) is 5.84 Å². The van der Waals surface area contributed by atoms with E-state index < -0.39 is 0 Å². The Labute approximate surface area is 134 Å². The first-order valence-electron chi connectivity index (χ1n) is 6.82. The molecule has 0 radical (unpaired) electrons. The van der Waals surface area contributed by atoms with Crippen LogP contribution in [0.15, 0.2) is 42.5 Å². The molecule has 2 aromatic carbocycles. The SMILES string of the molecule is NNC(Cc1ccc(Cl)c(Cl)c1)C1Cc2ccccc2O1. The van der Waals surface area contributed by atoms with Crippen molar-refractivity contribution in [2.45, 2.75) is 25.0 Å². The summed E-state index contributed by atoms with van der Waals surface area (Å²) in [5.41, 5.74) is 5.16. The number of halogens is 2. The van der Waals surface area contributed by atoms with Crippen molar-refractivity contribution in [1.29, 1.82) is 0 Å². The highest BCUT2D eigenvalue weighted by Crippen LogP contribution is 2.30. The topological polar surface area (TPSA) is 47.3 Å². The molecule has 3 N–H and O–H groups in total. The van der Waals surface area contributed by atoms with Gasteiger partial charge in [0.05, 0.1) is 16.1 Å². The first kappa shape index (κ1) is 14.7. The molecule has 2 unspecified atom stereocenters. The molecule has 1 aliphatic rings. The van der Waals surface area contributed by atoms with Gasteiger partial charge >= 0.3 is 0 Å². The van der Waals surface area contributed by atoms with Crippen LogP contribution in [-0.2, 0) is 12.8 Å². The second-order valence-corrected chi connectivity index (χ2v) is 6.01. The van der Waals surface area contributed by atoms with Gasteiger partial charge in [-0.2, -0.15) is 0 Å². The summed E-state index contributed by atoms with van der Waals surface area (Å²) in [5.74, 6) is 6.66. The molecule has 3 rings (SSSR count). The largest absolute Gasteiger partial charge is 0.488 e. The molecule has 3 nitrogen and oxygen atoms in total. The second-order valence-electron chi connectivity index (χ2n) is 5.19. The predicted octanol–water partition coefficient (Wildman–Crippen LogP) is 3.37. The first-order chi connectivity index (χ1) is 10.2. The van der Waals surface area contributed by atoms with Crippen LogP contribution in [0.3, 0.4) is 0 Å². The van der Waals surface area contributed by atoms with E-state index in [4.69, 9.17) is 33.8 Å². The molecule has 0 bridgehead atoms. The van der Waals surface area contributed by atoms with Crippen LogP contribution < -0.4 is 16.0 Å². The average Bonchev–Trinajstić information content (AvgIpc) is 2.92. The summed E-state index contributed by atoms with van der Waals surface area (Å²) in [6.07, 6.45) is 1.60. The maximum absolute atomic E-state index is 6.06. The summed E-state index contributed by atoms with van der Waals surface area (Å²) in [6.45, 7) is 0. The normalized spacial score (nSPS) is 18.1. The summed E-state index contributed by atoms with van der Waals surface area (Å²) in [5, 5.41) is 1.11. The molecule has 0 amide bonds. The van der Waals surface area contributed by atoms with Crippen molar-refractivity contribution in [3.8, 4) is 5.75 Å². The summed E-state index contributed by atoms with van der Waals surface area (Å²) < 4.78 is 5.98. The Morgan fingerprint density at radius 1 is 1.19 bits per heavy atom. The standard InChI is InChI=1S/C16H16Cl2N2O/c17-12-6-5-10(7-13(12)18)8-14(20-19)16-9-11-3-1-2-4-15(11)21-16/h1-7,14,16,20H,8-9,19H2. The quantitative estimate of drug-likeness (QED) is 0.670. The highest BCUT2D eigenvalue weighted by molar-refractivity contribution is 6.42. The van der Waals surface area contributed by atoms with Crippen molar-refractivity contribution in [3.05, 3.63) is 63.6 Å². The van der Waals surface area contributed by atoms with E-state index in [0.717, 1.165) is 24.2 Å². The zero-order valence-electron chi connectivity index (χ0n) is 11.4. The maximum Gasteiger partial charge on any atom is 0.123 e. The minimum atomic E-state index is 0.00893. The van der Waals surface area contributed by atoms with Crippen molar-refractivity contribution in [3.63, 3.8) is 0 Å². The lowest BCUT2D eigenvalue weighted by Gasteiger charge is -2.22. The number of hydrogen-bond acceptors (Lipinski definition) is 3. The number of para-hydroxylation sites is 1. The van der Waals surface area contributed by atoms with Gasteiger partial charge in [-0.1, -0.05) is 47.5 Å². The summed E-state index contributed by atoms with van der Waals surface area (Å²) in [7, 11) is 0. The van der Waals surface area contributed by atoms with Gasteiger partial charge in [0.15, 0.2) is 0 Å². The molecule has 2 atom stereocenters. The number of nitrogens with one attached hydrogen (secondary N) is 1. The van der Waals surface area contributed by atoms with Crippen LogP contribution >= 0.6 is 23.2 Å². The van der Waals surface area contributed by atoms with Crippen molar-refractivity contribution >= 4 is 23.2 Å². The van der Waals surface area contributed by atoms with E-state index >= 15 is 0 Å². The van der Waals surface area contributed by atoms with E-state index in [1.54, 1.807) is 6.07 Å². The summed E-state index contributed by atoms with van der Waals surface area (Å²) in [6, 6.07) is 13.7. The van der Waals surface area contributed by atoms with Crippen molar-refractivity contribution in [1.82, 2.24) is 5.43 Å². The van der Waals surface area contributed by atoms with Crippen LogP contribution in [0.1, 0.15) is 11.1 Å². The summed E-state index contributed by atoms with van der Waals surface area (Å²) >= 11 is 12.0. The van der Waals surface area contributed by atoms with Crippen LogP contribution in [0.4, 0.5) is 0 Å². The van der Waals surface area contributed by atoms with E-state index in [1.807, 2.05) is 30.3 Å². The number of hydrazine groups is 1. The second kappa shape index (κ2) is 6.24. The fraction of sp³-hybridized carbons (Fsp3) is 0.250. The average molecular weight is 323 g/mol. The number of hydrogen-bond donors (Lipinski definition) is 2. The number of nitrogens with two attached hydrogens (primary N) is 1. The smallest absolute Gasteiger partial charge is 0.123 e. The molecule has 0 saturated heterocycles.